The zero-order chi connectivity index (χ0) is 13.4. The Morgan fingerprint density at radius 1 is 1.32 bits per heavy atom. The van der Waals surface area contributed by atoms with Crippen molar-refractivity contribution in [1.29, 1.82) is 5.26 Å². The minimum atomic E-state index is 0.206. The minimum absolute atomic E-state index is 0.206. The summed E-state index contributed by atoms with van der Waals surface area (Å²) in [5.74, 6) is 0.739. The molecule has 0 atom stereocenters. The van der Waals surface area contributed by atoms with Gasteiger partial charge >= 0.3 is 0 Å². The summed E-state index contributed by atoms with van der Waals surface area (Å²) in [7, 11) is 0. The molecule has 0 aliphatic heterocycles. The van der Waals surface area contributed by atoms with E-state index in [0.29, 0.717) is 11.4 Å². The molecule has 2 heterocycles. The fourth-order valence-electron chi connectivity index (χ4n) is 2.17. The number of aryl methyl sites for hydroxylation is 1. The first-order chi connectivity index (χ1) is 9.20. The number of anilines is 1. The average Bonchev–Trinajstić information content (AvgIpc) is 2.74. The maximum absolute atomic E-state index is 8.85. The molecule has 0 bridgehead atoms. The summed E-state index contributed by atoms with van der Waals surface area (Å²) in [6.07, 6.45) is 1.46. The van der Waals surface area contributed by atoms with Gasteiger partial charge in [-0.3, -0.25) is 0 Å². The summed E-state index contributed by atoms with van der Waals surface area (Å²) in [6, 6.07) is 9.90. The number of fused-ring (bicyclic) bond motifs is 1. The van der Waals surface area contributed by atoms with Crippen molar-refractivity contribution in [3.05, 3.63) is 41.7 Å². The van der Waals surface area contributed by atoms with E-state index in [2.05, 4.69) is 15.0 Å². The van der Waals surface area contributed by atoms with E-state index >= 15 is 0 Å². The van der Waals surface area contributed by atoms with Crippen LogP contribution in [-0.4, -0.2) is 15.0 Å². The Morgan fingerprint density at radius 3 is 2.84 bits per heavy atom. The van der Waals surface area contributed by atoms with Crippen molar-refractivity contribution in [1.82, 2.24) is 15.0 Å². The van der Waals surface area contributed by atoms with Crippen LogP contribution in [0.1, 0.15) is 11.3 Å². The van der Waals surface area contributed by atoms with Crippen molar-refractivity contribution < 1.29 is 0 Å². The van der Waals surface area contributed by atoms with Crippen LogP contribution >= 0.6 is 0 Å². The molecule has 3 aromatic rings. The van der Waals surface area contributed by atoms with Gasteiger partial charge in [-0.1, -0.05) is 18.2 Å². The quantitative estimate of drug-likeness (QED) is 0.692. The highest BCUT2D eigenvalue weighted by molar-refractivity contribution is 5.95. The summed E-state index contributed by atoms with van der Waals surface area (Å²) in [4.78, 5) is 11.7. The van der Waals surface area contributed by atoms with Gasteiger partial charge in [0, 0.05) is 22.2 Å². The zero-order valence-corrected chi connectivity index (χ0v) is 10.3. The van der Waals surface area contributed by atoms with E-state index in [-0.39, 0.29) is 5.82 Å². The highest BCUT2D eigenvalue weighted by atomic mass is 14.9. The lowest BCUT2D eigenvalue weighted by molar-refractivity contribution is 1.16. The van der Waals surface area contributed by atoms with Crippen molar-refractivity contribution >= 4 is 16.7 Å². The van der Waals surface area contributed by atoms with E-state index < -0.39 is 0 Å². The largest absolute Gasteiger partial charge is 0.382 e. The number of nitrogens with one attached hydrogen (secondary N) is 1. The smallest absolute Gasteiger partial charge is 0.164 e. The van der Waals surface area contributed by atoms with Gasteiger partial charge < -0.3 is 10.7 Å². The molecular formula is C14H11N5. The molecule has 0 saturated heterocycles. The van der Waals surface area contributed by atoms with E-state index in [1.165, 1.54) is 6.20 Å². The molecular weight excluding hydrogens is 238 g/mol. The number of nitrogen functional groups attached to an aromatic ring is 1. The van der Waals surface area contributed by atoms with Crippen LogP contribution in [0.5, 0.6) is 0 Å². The van der Waals surface area contributed by atoms with Gasteiger partial charge in [0.2, 0.25) is 0 Å². The maximum Gasteiger partial charge on any atom is 0.164 e. The monoisotopic (exact) mass is 249 g/mol. The van der Waals surface area contributed by atoms with Gasteiger partial charge in [0.05, 0.1) is 6.20 Å². The molecule has 0 aliphatic carbocycles. The normalized spacial score (nSPS) is 10.5. The standard InChI is InChI=1S/C14H11N5/c1-8-12(10-4-2-3-5-11(10)18-8)14-17-7-9(6-15)13(16)19-14/h2-5,7,18H,1H3,(H2,16,17,19). The molecule has 1 aromatic carbocycles. The molecule has 0 unspecified atom stereocenters. The van der Waals surface area contributed by atoms with E-state index in [9.17, 15) is 0 Å². The molecule has 2 aromatic heterocycles. The maximum atomic E-state index is 8.85. The van der Waals surface area contributed by atoms with Crippen LogP contribution in [0.25, 0.3) is 22.3 Å². The summed E-state index contributed by atoms with van der Waals surface area (Å²) < 4.78 is 0. The molecule has 3 N–H and O–H groups in total. The van der Waals surface area contributed by atoms with Crippen LogP contribution in [0.15, 0.2) is 30.5 Å². The Hall–Kier alpha value is -2.87. The third-order valence-electron chi connectivity index (χ3n) is 3.06. The van der Waals surface area contributed by atoms with Crippen LogP contribution in [0, 0.1) is 18.3 Å². The lowest BCUT2D eigenvalue weighted by Gasteiger charge is -2.02. The van der Waals surface area contributed by atoms with Gasteiger partial charge in [-0.05, 0) is 13.0 Å². The molecule has 0 fully saturated rings. The van der Waals surface area contributed by atoms with Crippen molar-refractivity contribution in [3.8, 4) is 17.5 Å². The van der Waals surface area contributed by atoms with Gasteiger partial charge in [0.15, 0.2) is 5.82 Å². The summed E-state index contributed by atoms with van der Waals surface area (Å²) in [5, 5.41) is 9.90. The molecule has 92 valence electrons. The Balaban J connectivity index is 2.28. The van der Waals surface area contributed by atoms with Crippen molar-refractivity contribution in [3.63, 3.8) is 0 Å². The van der Waals surface area contributed by atoms with Crippen LogP contribution < -0.4 is 5.73 Å². The second-order valence-electron chi connectivity index (χ2n) is 4.27. The number of aromatic amines is 1. The predicted octanol–water partition coefficient (Wildman–Crippen LogP) is 2.39. The van der Waals surface area contributed by atoms with E-state index in [4.69, 9.17) is 11.0 Å². The number of nitrogens with zero attached hydrogens (tertiary/aromatic N) is 3. The van der Waals surface area contributed by atoms with Gasteiger partial charge in [-0.15, -0.1) is 0 Å². The Bertz CT molecular complexity index is 810. The van der Waals surface area contributed by atoms with Crippen molar-refractivity contribution in [2.45, 2.75) is 6.92 Å². The van der Waals surface area contributed by atoms with Crippen LogP contribution in [-0.2, 0) is 0 Å². The zero-order valence-electron chi connectivity index (χ0n) is 10.3. The molecule has 0 spiro atoms. The van der Waals surface area contributed by atoms with Crippen LogP contribution in [0.4, 0.5) is 5.82 Å². The molecule has 0 amide bonds. The molecule has 5 nitrogen and oxygen atoms in total. The summed E-state index contributed by atoms with van der Waals surface area (Å²) >= 11 is 0. The number of para-hydroxylation sites is 1. The fourth-order valence-corrected chi connectivity index (χ4v) is 2.17. The van der Waals surface area contributed by atoms with Crippen molar-refractivity contribution in [2.24, 2.45) is 0 Å². The highest BCUT2D eigenvalue weighted by Gasteiger charge is 2.14. The minimum Gasteiger partial charge on any atom is -0.382 e. The Labute approximate surface area is 109 Å². The number of benzene rings is 1. The fraction of sp³-hybridized carbons (Fsp3) is 0.0714. The first kappa shape index (κ1) is 11.2. The lowest BCUT2D eigenvalue weighted by atomic mass is 10.1. The number of nitriles is 1. The first-order valence-corrected chi connectivity index (χ1v) is 5.81. The van der Waals surface area contributed by atoms with E-state index in [1.54, 1.807) is 0 Å². The SMILES string of the molecule is Cc1[nH]c2ccccc2c1-c1ncc(C#N)c(N)n1. The molecule has 5 heteroatoms. The third kappa shape index (κ3) is 1.70. The van der Waals surface area contributed by atoms with Gasteiger partial charge in [0.25, 0.3) is 0 Å². The lowest BCUT2D eigenvalue weighted by Crippen LogP contribution is -1.99. The Kier molecular flexibility index (Phi) is 2.43. The number of rotatable bonds is 1. The molecule has 19 heavy (non-hydrogen) atoms. The number of nitrogens with two attached hydrogens (primary N) is 1. The van der Waals surface area contributed by atoms with Crippen LogP contribution in [0.3, 0.4) is 0 Å². The predicted molar refractivity (Wildman–Crippen MR) is 73.2 cm³/mol. The number of hydrogen-bond donors (Lipinski definition) is 2. The summed E-state index contributed by atoms with van der Waals surface area (Å²) in [6.45, 7) is 1.97. The van der Waals surface area contributed by atoms with E-state index in [0.717, 1.165) is 22.2 Å². The topological polar surface area (TPSA) is 91.4 Å². The van der Waals surface area contributed by atoms with E-state index in [1.807, 2.05) is 37.3 Å². The molecule has 0 aliphatic rings. The Morgan fingerprint density at radius 2 is 2.11 bits per heavy atom. The second-order valence-corrected chi connectivity index (χ2v) is 4.27. The molecule has 0 saturated carbocycles. The van der Waals surface area contributed by atoms with Gasteiger partial charge in [-0.2, -0.15) is 5.26 Å². The first-order valence-electron chi connectivity index (χ1n) is 5.81. The van der Waals surface area contributed by atoms with Crippen molar-refractivity contribution in [2.75, 3.05) is 5.73 Å². The third-order valence-corrected chi connectivity index (χ3v) is 3.06. The van der Waals surface area contributed by atoms with Gasteiger partial charge in [-0.25, -0.2) is 9.97 Å². The summed E-state index contributed by atoms with van der Waals surface area (Å²) in [5.41, 5.74) is 8.97. The number of H-pyrrole nitrogens is 1. The molecule has 3 rings (SSSR count). The van der Waals surface area contributed by atoms with Crippen LogP contribution in [0.2, 0.25) is 0 Å². The molecule has 0 radical (unpaired) electrons. The van der Waals surface area contributed by atoms with Gasteiger partial charge in [0.1, 0.15) is 17.5 Å². The number of hydrogen-bond acceptors (Lipinski definition) is 4. The highest BCUT2D eigenvalue weighted by Crippen LogP contribution is 2.30. The second kappa shape index (κ2) is 4.10. The average molecular weight is 249 g/mol. The number of aromatic nitrogens is 3.